The van der Waals surface area contributed by atoms with Gasteiger partial charge >= 0.3 is 0 Å². The number of nitrogens with two attached hydrogens (primary N) is 1. The molecule has 2 N–H and O–H groups in total. The van der Waals surface area contributed by atoms with Gasteiger partial charge in [-0.25, -0.2) is 0 Å². The molecule has 0 aliphatic carbocycles. The highest BCUT2D eigenvalue weighted by atomic mass is 79.9. The molecule has 1 aliphatic heterocycles. The Bertz CT molecular complexity index is 425. The van der Waals surface area contributed by atoms with Crippen molar-refractivity contribution in [3.63, 3.8) is 0 Å². The number of nitrogens with zero attached hydrogens (tertiary/aromatic N) is 1. The summed E-state index contributed by atoms with van der Waals surface area (Å²) in [5.41, 5.74) is 6.72. The van der Waals surface area contributed by atoms with Crippen molar-refractivity contribution in [2.45, 2.75) is 19.1 Å². The van der Waals surface area contributed by atoms with Crippen LogP contribution < -0.4 is 5.73 Å². The van der Waals surface area contributed by atoms with Crippen molar-refractivity contribution >= 4 is 34.2 Å². The highest BCUT2D eigenvalue weighted by molar-refractivity contribution is 9.10. The van der Waals surface area contributed by atoms with Crippen LogP contribution in [0.2, 0.25) is 0 Å². The smallest absolute Gasteiger partial charge is 0.239 e. The van der Waals surface area contributed by atoms with Crippen LogP contribution in [0.5, 0.6) is 0 Å². The first-order valence-corrected chi connectivity index (χ1v) is 6.78. The summed E-state index contributed by atoms with van der Waals surface area (Å²) in [5.74, 6) is -0.0135. The Balaban J connectivity index is 0.00000180. The second-order valence-electron chi connectivity index (χ2n) is 4.48. The summed E-state index contributed by atoms with van der Waals surface area (Å²) in [4.78, 5) is 13.6. The fourth-order valence-corrected chi connectivity index (χ4v) is 2.28. The van der Waals surface area contributed by atoms with Gasteiger partial charge < -0.3 is 15.4 Å². The quantitative estimate of drug-likeness (QED) is 0.890. The van der Waals surface area contributed by atoms with Gasteiger partial charge in [0, 0.05) is 11.0 Å². The average molecular weight is 350 g/mol. The standard InChI is InChI=1S/C13H17BrN2O2.ClH/c1-9(15)13(17)16-6-7-18-12(8-16)10-2-4-11(14)5-3-10;/h2-5,9,12H,6-8,15H2,1H3;1H/t9-,12?;/m1./s1. The van der Waals surface area contributed by atoms with Gasteiger partial charge in [-0.05, 0) is 24.6 Å². The molecule has 19 heavy (non-hydrogen) atoms. The second kappa shape index (κ2) is 7.24. The van der Waals surface area contributed by atoms with E-state index >= 15 is 0 Å². The van der Waals surface area contributed by atoms with Crippen molar-refractivity contribution in [1.82, 2.24) is 4.90 Å². The van der Waals surface area contributed by atoms with Crippen LogP contribution in [0.4, 0.5) is 0 Å². The summed E-state index contributed by atoms with van der Waals surface area (Å²) in [5, 5.41) is 0. The van der Waals surface area contributed by atoms with E-state index in [9.17, 15) is 4.79 Å². The summed E-state index contributed by atoms with van der Waals surface area (Å²) < 4.78 is 6.75. The van der Waals surface area contributed by atoms with E-state index in [1.807, 2.05) is 24.3 Å². The number of carbonyl (C=O) groups is 1. The zero-order chi connectivity index (χ0) is 13.1. The third-order valence-electron chi connectivity index (χ3n) is 3.01. The van der Waals surface area contributed by atoms with Gasteiger partial charge in [-0.3, -0.25) is 4.79 Å². The number of halogens is 2. The number of hydrogen-bond acceptors (Lipinski definition) is 3. The first kappa shape index (κ1) is 16.4. The van der Waals surface area contributed by atoms with Crippen LogP contribution in [0.3, 0.4) is 0 Å². The van der Waals surface area contributed by atoms with Crippen molar-refractivity contribution in [2.24, 2.45) is 5.73 Å². The number of ether oxygens (including phenoxy) is 1. The minimum Gasteiger partial charge on any atom is -0.370 e. The maximum atomic E-state index is 11.9. The van der Waals surface area contributed by atoms with Gasteiger partial charge in [0.25, 0.3) is 0 Å². The van der Waals surface area contributed by atoms with Crippen LogP contribution in [0, 0.1) is 0 Å². The molecule has 0 saturated carbocycles. The van der Waals surface area contributed by atoms with Crippen LogP contribution >= 0.6 is 28.3 Å². The largest absolute Gasteiger partial charge is 0.370 e. The van der Waals surface area contributed by atoms with E-state index in [0.717, 1.165) is 10.0 Å². The number of benzene rings is 1. The highest BCUT2D eigenvalue weighted by Crippen LogP contribution is 2.24. The van der Waals surface area contributed by atoms with Gasteiger partial charge in [-0.1, -0.05) is 28.1 Å². The molecular formula is C13H18BrClN2O2. The predicted molar refractivity (Wildman–Crippen MR) is 80.3 cm³/mol. The van der Waals surface area contributed by atoms with E-state index in [0.29, 0.717) is 19.7 Å². The molecule has 0 bridgehead atoms. The second-order valence-corrected chi connectivity index (χ2v) is 5.40. The van der Waals surface area contributed by atoms with Crippen LogP contribution in [0.25, 0.3) is 0 Å². The lowest BCUT2D eigenvalue weighted by Crippen LogP contribution is -2.48. The first-order valence-electron chi connectivity index (χ1n) is 5.99. The molecular weight excluding hydrogens is 332 g/mol. The average Bonchev–Trinajstić information content (AvgIpc) is 2.38. The molecule has 6 heteroatoms. The molecule has 1 aromatic rings. The summed E-state index contributed by atoms with van der Waals surface area (Å²) in [6.45, 7) is 3.46. The van der Waals surface area contributed by atoms with E-state index in [1.54, 1.807) is 11.8 Å². The minimum absolute atomic E-state index is 0. The zero-order valence-electron chi connectivity index (χ0n) is 10.7. The molecule has 1 aliphatic rings. The number of rotatable bonds is 2. The zero-order valence-corrected chi connectivity index (χ0v) is 13.1. The Morgan fingerprint density at radius 2 is 2.11 bits per heavy atom. The molecule has 1 unspecified atom stereocenters. The lowest BCUT2D eigenvalue weighted by molar-refractivity contribution is -0.140. The molecule has 0 radical (unpaired) electrons. The van der Waals surface area contributed by atoms with E-state index < -0.39 is 6.04 Å². The molecule has 0 aromatic heterocycles. The van der Waals surface area contributed by atoms with E-state index in [2.05, 4.69) is 15.9 Å². The molecule has 0 spiro atoms. The Labute approximate surface area is 127 Å². The van der Waals surface area contributed by atoms with E-state index in [4.69, 9.17) is 10.5 Å². The molecule has 1 amide bonds. The molecule has 2 atom stereocenters. The van der Waals surface area contributed by atoms with Crippen LogP contribution in [0.15, 0.2) is 28.7 Å². The number of carbonyl (C=O) groups excluding carboxylic acids is 1. The van der Waals surface area contributed by atoms with Crippen molar-refractivity contribution in [1.29, 1.82) is 0 Å². The molecule has 1 heterocycles. The number of hydrogen-bond donors (Lipinski definition) is 1. The van der Waals surface area contributed by atoms with Gasteiger partial charge in [0.05, 0.1) is 19.2 Å². The fraction of sp³-hybridized carbons (Fsp3) is 0.462. The minimum atomic E-state index is -0.450. The summed E-state index contributed by atoms with van der Waals surface area (Å²) in [6, 6.07) is 7.52. The van der Waals surface area contributed by atoms with Crippen molar-refractivity contribution in [3.8, 4) is 0 Å². The van der Waals surface area contributed by atoms with Crippen molar-refractivity contribution < 1.29 is 9.53 Å². The topological polar surface area (TPSA) is 55.6 Å². The third-order valence-corrected chi connectivity index (χ3v) is 3.54. The Kier molecular flexibility index (Phi) is 6.26. The summed E-state index contributed by atoms with van der Waals surface area (Å²) in [7, 11) is 0. The maximum Gasteiger partial charge on any atom is 0.239 e. The molecule has 1 aromatic carbocycles. The Morgan fingerprint density at radius 3 is 2.68 bits per heavy atom. The monoisotopic (exact) mass is 348 g/mol. The van der Waals surface area contributed by atoms with E-state index in [1.165, 1.54) is 0 Å². The Hall–Kier alpha value is -0.620. The van der Waals surface area contributed by atoms with Crippen molar-refractivity contribution in [3.05, 3.63) is 34.3 Å². The maximum absolute atomic E-state index is 11.9. The fourth-order valence-electron chi connectivity index (χ4n) is 2.02. The predicted octanol–water partition coefficient (Wildman–Crippen LogP) is 2.12. The lowest BCUT2D eigenvalue weighted by atomic mass is 10.1. The summed E-state index contributed by atoms with van der Waals surface area (Å²) >= 11 is 3.40. The SMILES string of the molecule is C[C@@H](N)C(=O)N1CCOC(c2ccc(Br)cc2)C1.Cl. The number of amides is 1. The summed E-state index contributed by atoms with van der Waals surface area (Å²) in [6.07, 6.45) is -0.0606. The van der Waals surface area contributed by atoms with Crippen LogP contribution in [-0.4, -0.2) is 36.5 Å². The molecule has 4 nitrogen and oxygen atoms in total. The number of morpholine rings is 1. The molecule has 1 fully saturated rings. The van der Waals surface area contributed by atoms with Gasteiger partial charge in [0.2, 0.25) is 5.91 Å². The lowest BCUT2D eigenvalue weighted by Gasteiger charge is -2.34. The van der Waals surface area contributed by atoms with Crippen LogP contribution in [0.1, 0.15) is 18.6 Å². The van der Waals surface area contributed by atoms with Gasteiger partial charge in [0.15, 0.2) is 0 Å². The third kappa shape index (κ3) is 4.18. The molecule has 1 saturated heterocycles. The Morgan fingerprint density at radius 1 is 1.47 bits per heavy atom. The van der Waals surface area contributed by atoms with E-state index in [-0.39, 0.29) is 24.4 Å². The van der Waals surface area contributed by atoms with Gasteiger partial charge in [-0.2, -0.15) is 0 Å². The van der Waals surface area contributed by atoms with Crippen molar-refractivity contribution in [2.75, 3.05) is 19.7 Å². The highest BCUT2D eigenvalue weighted by Gasteiger charge is 2.26. The molecule has 106 valence electrons. The van der Waals surface area contributed by atoms with Crippen LogP contribution in [-0.2, 0) is 9.53 Å². The normalized spacial score (nSPS) is 20.6. The molecule has 2 rings (SSSR count). The van der Waals surface area contributed by atoms with Gasteiger partial charge in [0.1, 0.15) is 6.10 Å². The van der Waals surface area contributed by atoms with Gasteiger partial charge in [-0.15, -0.1) is 12.4 Å². The first-order chi connectivity index (χ1) is 8.58.